The Morgan fingerprint density at radius 2 is 1.92 bits per heavy atom. The van der Waals surface area contributed by atoms with Crippen LogP contribution >= 0.6 is 0 Å². The summed E-state index contributed by atoms with van der Waals surface area (Å²) < 4.78 is 7.14. The number of hydrogen-bond acceptors (Lipinski definition) is 4. The summed E-state index contributed by atoms with van der Waals surface area (Å²) in [7, 11) is 0. The van der Waals surface area contributed by atoms with Crippen LogP contribution in [-0.2, 0) is 6.61 Å². The Morgan fingerprint density at radius 3 is 2.46 bits per heavy atom. The molecule has 0 radical (unpaired) electrons. The molecule has 2 rings (SSSR count). The van der Waals surface area contributed by atoms with Gasteiger partial charge in [0, 0.05) is 12.3 Å². The molecular weight excluding hydrogens is 308 g/mol. The molecule has 1 amide bonds. The van der Waals surface area contributed by atoms with Crippen LogP contribution in [0.25, 0.3) is 0 Å². The first-order valence-electron chi connectivity index (χ1n) is 7.78. The topological polar surface area (TPSA) is 94.6 Å². The lowest BCUT2D eigenvalue weighted by Gasteiger charge is -2.25. The molecule has 1 unspecified atom stereocenters. The zero-order valence-corrected chi connectivity index (χ0v) is 13.8. The molecule has 1 aromatic heterocycles. The van der Waals surface area contributed by atoms with Crippen LogP contribution in [0.1, 0.15) is 35.9 Å². The van der Waals surface area contributed by atoms with Crippen molar-refractivity contribution in [2.75, 3.05) is 6.61 Å². The number of nitrogens with two attached hydrogens (primary N) is 1. The van der Waals surface area contributed by atoms with Crippen molar-refractivity contribution in [3.05, 3.63) is 64.1 Å². The fraction of sp³-hybridized carbons (Fsp3) is 0.333. The number of pyridine rings is 1. The van der Waals surface area contributed by atoms with Crippen LogP contribution in [0, 0.1) is 5.92 Å². The van der Waals surface area contributed by atoms with Gasteiger partial charge in [-0.2, -0.15) is 0 Å². The summed E-state index contributed by atoms with van der Waals surface area (Å²) in [5.41, 5.74) is 5.91. The molecule has 0 fully saturated rings. The summed E-state index contributed by atoms with van der Waals surface area (Å²) in [6.07, 6.45) is 1.47. The number of amides is 1. The molecule has 3 N–H and O–H groups in total. The summed E-state index contributed by atoms with van der Waals surface area (Å²) in [5.74, 6) is -0.819. The van der Waals surface area contributed by atoms with Crippen LogP contribution in [0.15, 0.2) is 47.4 Å². The van der Waals surface area contributed by atoms with E-state index in [0.29, 0.717) is 0 Å². The predicted octanol–water partition coefficient (Wildman–Crippen LogP) is 1.72. The second-order valence-electron chi connectivity index (χ2n) is 5.90. The third kappa shape index (κ3) is 3.83. The highest BCUT2D eigenvalue weighted by Crippen LogP contribution is 2.23. The van der Waals surface area contributed by atoms with Crippen molar-refractivity contribution in [3.8, 4) is 5.75 Å². The Morgan fingerprint density at radius 1 is 1.25 bits per heavy atom. The molecule has 6 heteroatoms. The first-order valence-corrected chi connectivity index (χ1v) is 7.78. The first-order chi connectivity index (χ1) is 11.5. The molecule has 0 saturated carbocycles. The van der Waals surface area contributed by atoms with Crippen LogP contribution in [0.3, 0.4) is 0 Å². The van der Waals surface area contributed by atoms with E-state index in [-0.39, 0.29) is 36.6 Å². The van der Waals surface area contributed by atoms with Gasteiger partial charge in [0.05, 0.1) is 12.6 Å². The molecular formula is C18H22N2O4. The number of aliphatic hydroxyl groups excluding tert-OH is 1. The van der Waals surface area contributed by atoms with Gasteiger partial charge in [0.1, 0.15) is 6.61 Å². The van der Waals surface area contributed by atoms with Gasteiger partial charge in [-0.1, -0.05) is 44.2 Å². The Kier molecular flexibility index (Phi) is 5.76. The van der Waals surface area contributed by atoms with E-state index < -0.39 is 11.3 Å². The average Bonchev–Trinajstić information content (AvgIpc) is 2.55. The molecule has 1 heterocycles. The summed E-state index contributed by atoms with van der Waals surface area (Å²) in [4.78, 5) is 24.1. The van der Waals surface area contributed by atoms with E-state index in [1.807, 2.05) is 44.2 Å². The molecule has 2 aromatic rings. The van der Waals surface area contributed by atoms with E-state index in [1.165, 1.54) is 16.8 Å². The van der Waals surface area contributed by atoms with E-state index in [2.05, 4.69) is 0 Å². The number of benzene rings is 1. The molecule has 0 spiro atoms. The van der Waals surface area contributed by atoms with Gasteiger partial charge in [-0.25, -0.2) is 0 Å². The summed E-state index contributed by atoms with van der Waals surface area (Å²) in [5, 5.41) is 9.63. The second-order valence-corrected chi connectivity index (χ2v) is 5.90. The SMILES string of the molecule is CC(C)C(CO)n1ccc(=O)c(OCc2ccccc2)c1C(N)=O. The first kappa shape index (κ1) is 17.7. The van der Waals surface area contributed by atoms with Gasteiger partial charge in [0.25, 0.3) is 5.91 Å². The zero-order valence-electron chi connectivity index (χ0n) is 13.8. The van der Waals surface area contributed by atoms with Crippen LogP contribution in [0.2, 0.25) is 0 Å². The van der Waals surface area contributed by atoms with Crippen LogP contribution in [0.4, 0.5) is 0 Å². The molecule has 0 aliphatic rings. The number of carbonyl (C=O) groups is 1. The van der Waals surface area contributed by atoms with E-state index in [9.17, 15) is 14.7 Å². The Labute approximate surface area is 140 Å². The molecule has 128 valence electrons. The van der Waals surface area contributed by atoms with Crippen molar-refractivity contribution in [2.45, 2.75) is 26.5 Å². The number of aromatic nitrogens is 1. The Hall–Kier alpha value is -2.60. The number of primary amides is 1. The molecule has 1 atom stereocenters. The maximum absolute atomic E-state index is 12.2. The van der Waals surface area contributed by atoms with E-state index in [0.717, 1.165) is 5.56 Å². The van der Waals surface area contributed by atoms with Crippen molar-refractivity contribution in [1.29, 1.82) is 0 Å². The molecule has 0 saturated heterocycles. The number of nitrogens with zero attached hydrogens (tertiary/aromatic N) is 1. The largest absolute Gasteiger partial charge is 0.483 e. The fourth-order valence-corrected chi connectivity index (χ4v) is 2.54. The lowest BCUT2D eigenvalue weighted by atomic mass is 10.0. The normalized spacial score (nSPS) is 12.2. The number of carbonyl (C=O) groups excluding carboxylic acids is 1. The van der Waals surface area contributed by atoms with Crippen LogP contribution in [0.5, 0.6) is 5.75 Å². The maximum Gasteiger partial charge on any atom is 0.269 e. The minimum absolute atomic E-state index is 0.0221. The molecule has 24 heavy (non-hydrogen) atoms. The fourth-order valence-electron chi connectivity index (χ4n) is 2.54. The number of rotatable bonds is 7. The van der Waals surface area contributed by atoms with Gasteiger partial charge >= 0.3 is 0 Å². The van der Waals surface area contributed by atoms with Gasteiger partial charge < -0.3 is 20.1 Å². The minimum Gasteiger partial charge on any atom is -0.483 e. The molecule has 0 bridgehead atoms. The zero-order chi connectivity index (χ0) is 17.7. The summed E-state index contributed by atoms with van der Waals surface area (Å²) in [6.45, 7) is 3.79. The van der Waals surface area contributed by atoms with E-state index in [1.54, 1.807) is 0 Å². The van der Waals surface area contributed by atoms with E-state index >= 15 is 0 Å². The number of aliphatic hydroxyl groups is 1. The molecule has 1 aromatic carbocycles. The predicted molar refractivity (Wildman–Crippen MR) is 91.0 cm³/mol. The van der Waals surface area contributed by atoms with Crippen LogP contribution in [-0.4, -0.2) is 22.2 Å². The molecule has 6 nitrogen and oxygen atoms in total. The third-order valence-electron chi connectivity index (χ3n) is 3.86. The van der Waals surface area contributed by atoms with Gasteiger partial charge in [-0.15, -0.1) is 0 Å². The summed E-state index contributed by atoms with van der Waals surface area (Å²) >= 11 is 0. The van der Waals surface area contributed by atoms with Crippen molar-refractivity contribution in [1.82, 2.24) is 4.57 Å². The lowest BCUT2D eigenvalue weighted by molar-refractivity contribution is 0.0974. The summed E-state index contributed by atoms with van der Waals surface area (Å²) in [6, 6.07) is 10.2. The van der Waals surface area contributed by atoms with Crippen molar-refractivity contribution in [3.63, 3.8) is 0 Å². The quantitative estimate of drug-likeness (QED) is 0.808. The minimum atomic E-state index is -0.769. The second kappa shape index (κ2) is 7.79. The van der Waals surface area contributed by atoms with Gasteiger partial charge in [-0.3, -0.25) is 9.59 Å². The number of ether oxygens (including phenoxy) is 1. The standard InChI is InChI=1S/C18H22N2O4/c1-12(2)14(10-21)20-9-8-15(22)17(16(20)18(19)23)24-11-13-6-4-3-5-7-13/h3-9,12,14,21H,10-11H2,1-2H3,(H2,19,23). The highest BCUT2D eigenvalue weighted by atomic mass is 16.5. The van der Waals surface area contributed by atoms with Crippen molar-refractivity contribution in [2.24, 2.45) is 11.7 Å². The van der Waals surface area contributed by atoms with E-state index in [4.69, 9.17) is 10.5 Å². The maximum atomic E-state index is 12.2. The highest BCUT2D eigenvalue weighted by Gasteiger charge is 2.24. The van der Waals surface area contributed by atoms with Crippen molar-refractivity contribution >= 4 is 5.91 Å². The lowest BCUT2D eigenvalue weighted by Crippen LogP contribution is -2.30. The average molecular weight is 330 g/mol. The Bertz CT molecular complexity index is 753. The highest BCUT2D eigenvalue weighted by molar-refractivity contribution is 5.93. The van der Waals surface area contributed by atoms with Gasteiger partial charge in [-0.05, 0) is 11.5 Å². The van der Waals surface area contributed by atoms with Crippen molar-refractivity contribution < 1.29 is 14.6 Å². The Balaban J connectivity index is 2.46. The monoisotopic (exact) mass is 330 g/mol. The smallest absolute Gasteiger partial charge is 0.269 e. The molecule has 0 aliphatic heterocycles. The third-order valence-corrected chi connectivity index (χ3v) is 3.86. The van der Waals surface area contributed by atoms with Gasteiger partial charge in [0.15, 0.2) is 11.4 Å². The van der Waals surface area contributed by atoms with Crippen LogP contribution < -0.4 is 15.9 Å². The van der Waals surface area contributed by atoms with Gasteiger partial charge in [0.2, 0.25) is 5.43 Å². The number of hydrogen-bond donors (Lipinski definition) is 2. The molecule has 0 aliphatic carbocycles.